The predicted octanol–water partition coefficient (Wildman–Crippen LogP) is 1.93. The quantitative estimate of drug-likeness (QED) is 0.708. The topological polar surface area (TPSA) is 46.3 Å². The van der Waals surface area contributed by atoms with Crippen LogP contribution in [0.25, 0.3) is 0 Å². The van der Waals surface area contributed by atoms with Gasteiger partial charge in [-0.05, 0) is 41.0 Å². The van der Waals surface area contributed by atoms with E-state index in [-0.39, 0.29) is 17.5 Å². The van der Waals surface area contributed by atoms with E-state index in [0.29, 0.717) is 12.1 Å². The maximum absolute atomic E-state index is 11.8. The fourth-order valence-corrected chi connectivity index (χ4v) is 1.25. The molecule has 88 valence electrons. The Morgan fingerprint density at radius 1 is 1.47 bits per heavy atom. The Morgan fingerprint density at radius 3 is 2.20 bits per heavy atom. The third-order valence-corrected chi connectivity index (χ3v) is 2.25. The monoisotopic (exact) mass is 212 g/mol. The largest absolute Gasteiger partial charge is 0.336 e. The molecule has 2 N–H and O–H groups in total. The van der Waals surface area contributed by atoms with Crippen LogP contribution in [0.2, 0.25) is 0 Å². The van der Waals surface area contributed by atoms with Crippen molar-refractivity contribution in [2.75, 3.05) is 6.54 Å². The second-order valence-corrected chi connectivity index (χ2v) is 5.11. The fraction of sp³-hybridized carbons (Fsp3) is 0.750. The molecule has 1 amide bonds. The average Bonchev–Trinajstić information content (AvgIpc) is 2.01. The summed E-state index contributed by atoms with van der Waals surface area (Å²) in [5, 5.41) is 0. The van der Waals surface area contributed by atoms with E-state index in [2.05, 4.69) is 6.58 Å². The van der Waals surface area contributed by atoms with E-state index in [0.717, 1.165) is 6.42 Å². The Labute approximate surface area is 93.3 Å². The number of nitrogens with zero attached hydrogens (tertiary/aromatic N) is 1. The first-order valence-electron chi connectivity index (χ1n) is 5.40. The number of amides is 1. The van der Waals surface area contributed by atoms with E-state index >= 15 is 0 Å². The molecule has 0 radical (unpaired) electrons. The maximum Gasteiger partial charge on any atom is 0.249 e. The van der Waals surface area contributed by atoms with Crippen molar-refractivity contribution in [3.63, 3.8) is 0 Å². The maximum atomic E-state index is 11.8. The van der Waals surface area contributed by atoms with Crippen LogP contribution in [0.5, 0.6) is 0 Å². The van der Waals surface area contributed by atoms with E-state index in [9.17, 15) is 4.79 Å². The van der Waals surface area contributed by atoms with Crippen LogP contribution >= 0.6 is 0 Å². The van der Waals surface area contributed by atoms with Gasteiger partial charge in [-0.1, -0.05) is 6.58 Å². The van der Waals surface area contributed by atoms with Crippen LogP contribution in [0.3, 0.4) is 0 Å². The lowest BCUT2D eigenvalue weighted by Gasteiger charge is -2.30. The minimum absolute atomic E-state index is 0.0225. The molecular weight excluding hydrogens is 188 g/mol. The van der Waals surface area contributed by atoms with Crippen molar-refractivity contribution in [2.45, 2.75) is 52.6 Å². The number of hydrogen-bond donors (Lipinski definition) is 1. The highest BCUT2D eigenvalue weighted by molar-refractivity contribution is 5.92. The molecule has 0 spiro atoms. The standard InChI is InChI=1S/C12H24N2O/c1-9(2)11(15)14(10(3)4)8-7-12(5,6)13/h10H,1,7-8,13H2,2-6H3. The number of carbonyl (C=O) groups excluding carboxylic acids is 1. The summed E-state index contributed by atoms with van der Waals surface area (Å²) >= 11 is 0. The predicted molar refractivity (Wildman–Crippen MR) is 64.5 cm³/mol. The lowest BCUT2D eigenvalue weighted by Crippen LogP contribution is -2.43. The number of nitrogens with two attached hydrogens (primary N) is 1. The normalized spacial score (nSPS) is 11.7. The van der Waals surface area contributed by atoms with Gasteiger partial charge in [-0.2, -0.15) is 0 Å². The Morgan fingerprint density at radius 2 is 1.93 bits per heavy atom. The Balaban J connectivity index is 4.43. The summed E-state index contributed by atoms with van der Waals surface area (Å²) in [5.74, 6) is 0.0225. The van der Waals surface area contributed by atoms with Crippen molar-refractivity contribution < 1.29 is 4.79 Å². The summed E-state index contributed by atoms with van der Waals surface area (Å²) in [4.78, 5) is 13.6. The Hall–Kier alpha value is -0.830. The number of hydrogen-bond acceptors (Lipinski definition) is 2. The van der Waals surface area contributed by atoms with Gasteiger partial charge in [0.1, 0.15) is 0 Å². The third-order valence-electron chi connectivity index (χ3n) is 2.25. The number of rotatable bonds is 5. The minimum atomic E-state index is -0.234. The van der Waals surface area contributed by atoms with Crippen molar-refractivity contribution >= 4 is 5.91 Å². The summed E-state index contributed by atoms with van der Waals surface area (Å²) in [5.41, 5.74) is 6.25. The summed E-state index contributed by atoms with van der Waals surface area (Å²) in [7, 11) is 0. The van der Waals surface area contributed by atoms with E-state index in [1.807, 2.05) is 32.6 Å². The van der Waals surface area contributed by atoms with E-state index < -0.39 is 0 Å². The van der Waals surface area contributed by atoms with Crippen LogP contribution in [0.1, 0.15) is 41.0 Å². The molecule has 0 aliphatic carbocycles. The van der Waals surface area contributed by atoms with E-state index in [1.165, 1.54) is 0 Å². The second-order valence-electron chi connectivity index (χ2n) is 5.11. The highest BCUT2D eigenvalue weighted by atomic mass is 16.2. The molecule has 0 saturated carbocycles. The molecule has 0 aliphatic rings. The molecule has 3 nitrogen and oxygen atoms in total. The van der Waals surface area contributed by atoms with Gasteiger partial charge in [0.25, 0.3) is 0 Å². The van der Waals surface area contributed by atoms with E-state index in [1.54, 1.807) is 6.92 Å². The number of carbonyl (C=O) groups is 1. The Kier molecular flexibility index (Phi) is 5.01. The van der Waals surface area contributed by atoms with Gasteiger partial charge in [-0.25, -0.2) is 0 Å². The molecular formula is C12H24N2O. The van der Waals surface area contributed by atoms with Gasteiger partial charge >= 0.3 is 0 Å². The van der Waals surface area contributed by atoms with Gasteiger partial charge in [0.15, 0.2) is 0 Å². The Bertz CT molecular complexity index is 238. The van der Waals surface area contributed by atoms with Gasteiger partial charge < -0.3 is 10.6 Å². The van der Waals surface area contributed by atoms with Crippen LogP contribution < -0.4 is 5.73 Å². The molecule has 0 aromatic heterocycles. The zero-order valence-electron chi connectivity index (χ0n) is 10.6. The molecule has 0 unspecified atom stereocenters. The van der Waals surface area contributed by atoms with Crippen LogP contribution in [-0.4, -0.2) is 28.9 Å². The summed E-state index contributed by atoms with van der Waals surface area (Å²) in [6, 6.07) is 0.191. The van der Waals surface area contributed by atoms with E-state index in [4.69, 9.17) is 5.73 Å². The van der Waals surface area contributed by atoms with Crippen LogP contribution in [0.15, 0.2) is 12.2 Å². The van der Waals surface area contributed by atoms with Crippen LogP contribution in [0.4, 0.5) is 0 Å². The first-order valence-corrected chi connectivity index (χ1v) is 5.40. The highest BCUT2D eigenvalue weighted by Gasteiger charge is 2.20. The molecule has 0 heterocycles. The van der Waals surface area contributed by atoms with Crippen molar-refractivity contribution in [1.82, 2.24) is 4.90 Å². The molecule has 0 atom stereocenters. The SMILES string of the molecule is C=C(C)C(=O)N(CCC(C)(C)N)C(C)C. The summed E-state index contributed by atoms with van der Waals surface area (Å²) < 4.78 is 0. The second kappa shape index (κ2) is 5.31. The molecule has 0 fully saturated rings. The summed E-state index contributed by atoms with van der Waals surface area (Å²) in [6.07, 6.45) is 0.796. The molecule has 0 saturated heterocycles. The molecule has 0 rings (SSSR count). The van der Waals surface area contributed by atoms with Crippen LogP contribution in [-0.2, 0) is 4.79 Å². The molecule has 0 aliphatic heterocycles. The molecule has 3 heteroatoms. The molecule has 0 bridgehead atoms. The third kappa shape index (κ3) is 5.57. The van der Waals surface area contributed by atoms with Gasteiger partial charge in [0, 0.05) is 23.7 Å². The zero-order valence-corrected chi connectivity index (χ0v) is 10.6. The van der Waals surface area contributed by atoms with Gasteiger partial charge in [0.2, 0.25) is 5.91 Å². The van der Waals surface area contributed by atoms with Gasteiger partial charge in [-0.3, -0.25) is 4.79 Å². The molecule has 0 aromatic rings. The average molecular weight is 212 g/mol. The lowest BCUT2D eigenvalue weighted by molar-refractivity contribution is -0.128. The fourth-order valence-electron chi connectivity index (χ4n) is 1.25. The van der Waals surface area contributed by atoms with Gasteiger partial charge in [-0.15, -0.1) is 0 Å². The van der Waals surface area contributed by atoms with Crippen molar-refractivity contribution in [3.8, 4) is 0 Å². The molecule has 15 heavy (non-hydrogen) atoms. The van der Waals surface area contributed by atoms with Crippen LogP contribution in [0, 0.1) is 0 Å². The highest BCUT2D eigenvalue weighted by Crippen LogP contribution is 2.10. The van der Waals surface area contributed by atoms with Crippen molar-refractivity contribution in [1.29, 1.82) is 0 Å². The zero-order chi connectivity index (χ0) is 12.2. The first kappa shape index (κ1) is 14.2. The van der Waals surface area contributed by atoms with Crippen molar-refractivity contribution in [3.05, 3.63) is 12.2 Å². The molecule has 0 aromatic carbocycles. The first-order chi connectivity index (χ1) is 6.65. The lowest BCUT2D eigenvalue weighted by atomic mass is 10.0. The minimum Gasteiger partial charge on any atom is -0.336 e. The van der Waals surface area contributed by atoms with Gasteiger partial charge in [0.05, 0.1) is 0 Å². The summed E-state index contributed by atoms with van der Waals surface area (Å²) in [6.45, 7) is 14.1. The van der Waals surface area contributed by atoms with Crippen molar-refractivity contribution in [2.24, 2.45) is 5.73 Å². The smallest absolute Gasteiger partial charge is 0.249 e.